The zero-order valence-electron chi connectivity index (χ0n) is 11.4. The van der Waals surface area contributed by atoms with Crippen LogP contribution < -0.4 is 4.90 Å². The minimum absolute atomic E-state index is 0.0202. The van der Waals surface area contributed by atoms with Crippen LogP contribution in [-0.2, 0) is 4.74 Å². The summed E-state index contributed by atoms with van der Waals surface area (Å²) in [7, 11) is 0. The van der Waals surface area contributed by atoms with Crippen LogP contribution in [0.3, 0.4) is 0 Å². The maximum absolute atomic E-state index is 13.0. The number of aromatic nitrogens is 1. The van der Waals surface area contributed by atoms with E-state index in [1.807, 2.05) is 25.1 Å². The molecule has 20 heavy (non-hydrogen) atoms. The van der Waals surface area contributed by atoms with Crippen molar-refractivity contribution in [2.75, 3.05) is 18.0 Å². The van der Waals surface area contributed by atoms with Gasteiger partial charge in [-0.1, -0.05) is 30.3 Å². The first kappa shape index (κ1) is 13.1. The van der Waals surface area contributed by atoms with E-state index in [9.17, 15) is 4.39 Å². The second kappa shape index (κ2) is 5.59. The molecule has 1 fully saturated rings. The summed E-state index contributed by atoms with van der Waals surface area (Å²) in [6.07, 6.45) is 1.39. The Labute approximate surface area is 118 Å². The van der Waals surface area contributed by atoms with Crippen molar-refractivity contribution < 1.29 is 9.13 Å². The average molecular weight is 272 g/mol. The van der Waals surface area contributed by atoms with Gasteiger partial charge in [-0.05, 0) is 24.6 Å². The maximum Gasteiger partial charge on any atom is 0.141 e. The van der Waals surface area contributed by atoms with Crippen LogP contribution in [0.2, 0.25) is 0 Å². The number of morpholine rings is 1. The van der Waals surface area contributed by atoms with E-state index in [1.54, 1.807) is 6.07 Å². The molecule has 0 unspecified atom stereocenters. The Morgan fingerprint density at radius 2 is 1.95 bits per heavy atom. The summed E-state index contributed by atoms with van der Waals surface area (Å²) in [4.78, 5) is 6.30. The van der Waals surface area contributed by atoms with Crippen molar-refractivity contribution in [3.63, 3.8) is 0 Å². The Morgan fingerprint density at radius 1 is 1.15 bits per heavy atom. The molecule has 3 rings (SSSR count). The minimum Gasteiger partial charge on any atom is -0.367 e. The molecular formula is C16H17FN2O. The molecule has 2 heterocycles. The van der Waals surface area contributed by atoms with E-state index >= 15 is 0 Å². The maximum atomic E-state index is 13.0. The van der Waals surface area contributed by atoms with Gasteiger partial charge in [-0.15, -0.1) is 0 Å². The van der Waals surface area contributed by atoms with Crippen LogP contribution in [0.25, 0.3) is 0 Å². The van der Waals surface area contributed by atoms with Gasteiger partial charge in [-0.25, -0.2) is 9.37 Å². The average Bonchev–Trinajstić information content (AvgIpc) is 2.48. The van der Waals surface area contributed by atoms with Gasteiger partial charge >= 0.3 is 0 Å². The molecular weight excluding hydrogens is 255 g/mol. The van der Waals surface area contributed by atoms with Crippen molar-refractivity contribution in [2.45, 2.75) is 19.1 Å². The molecule has 1 saturated heterocycles. The molecule has 4 heteroatoms. The molecule has 0 saturated carbocycles. The minimum atomic E-state index is -0.310. The van der Waals surface area contributed by atoms with E-state index < -0.39 is 0 Å². The first-order chi connectivity index (χ1) is 9.72. The highest BCUT2D eigenvalue weighted by atomic mass is 19.1. The zero-order chi connectivity index (χ0) is 13.9. The quantitative estimate of drug-likeness (QED) is 0.839. The molecule has 1 aliphatic rings. The highest BCUT2D eigenvalue weighted by Crippen LogP contribution is 2.27. The van der Waals surface area contributed by atoms with Crippen molar-refractivity contribution in [2.24, 2.45) is 0 Å². The molecule has 2 atom stereocenters. The number of hydrogen-bond donors (Lipinski definition) is 0. The summed E-state index contributed by atoms with van der Waals surface area (Å²) in [6, 6.07) is 13.3. The molecule has 0 spiro atoms. The summed E-state index contributed by atoms with van der Waals surface area (Å²) >= 11 is 0. The molecule has 0 amide bonds. The lowest BCUT2D eigenvalue weighted by molar-refractivity contribution is -0.0176. The van der Waals surface area contributed by atoms with E-state index in [0.29, 0.717) is 0 Å². The van der Waals surface area contributed by atoms with Gasteiger partial charge in [0.15, 0.2) is 0 Å². The lowest BCUT2D eigenvalue weighted by Gasteiger charge is -2.37. The third-order valence-electron chi connectivity index (χ3n) is 3.47. The Bertz CT molecular complexity index is 558. The molecule has 104 valence electrons. The van der Waals surface area contributed by atoms with Crippen LogP contribution >= 0.6 is 0 Å². The highest BCUT2D eigenvalue weighted by molar-refractivity contribution is 5.39. The van der Waals surface area contributed by atoms with Gasteiger partial charge in [-0.3, -0.25) is 0 Å². The number of nitrogens with zero attached hydrogens (tertiary/aromatic N) is 2. The van der Waals surface area contributed by atoms with Crippen molar-refractivity contribution in [1.29, 1.82) is 0 Å². The van der Waals surface area contributed by atoms with E-state index in [0.717, 1.165) is 24.5 Å². The number of hydrogen-bond acceptors (Lipinski definition) is 3. The summed E-state index contributed by atoms with van der Waals surface area (Å²) in [5, 5.41) is 0. The van der Waals surface area contributed by atoms with Gasteiger partial charge < -0.3 is 9.64 Å². The largest absolute Gasteiger partial charge is 0.367 e. The number of ether oxygens (including phenoxy) is 1. The standard InChI is InChI=1S/C16H17FN2O/c1-12-10-19(16-8-7-14(17)9-18-16)11-15(20-12)13-5-3-2-4-6-13/h2-9,12,15H,10-11H2,1H3/t12-,15+/m0/s1. The Balaban J connectivity index is 1.81. The van der Waals surface area contributed by atoms with Gasteiger partial charge in [-0.2, -0.15) is 0 Å². The van der Waals surface area contributed by atoms with Gasteiger partial charge in [0.2, 0.25) is 0 Å². The summed E-state index contributed by atoms with van der Waals surface area (Å²) in [6.45, 7) is 3.54. The predicted molar refractivity (Wildman–Crippen MR) is 76.1 cm³/mol. The third kappa shape index (κ3) is 2.80. The van der Waals surface area contributed by atoms with Gasteiger partial charge in [0.05, 0.1) is 12.3 Å². The fourth-order valence-electron chi connectivity index (χ4n) is 2.55. The van der Waals surface area contributed by atoms with E-state index in [1.165, 1.54) is 12.3 Å². The smallest absolute Gasteiger partial charge is 0.141 e. The van der Waals surface area contributed by atoms with Crippen molar-refractivity contribution in [3.8, 4) is 0 Å². The molecule has 0 aliphatic carbocycles. The molecule has 1 aromatic heterocycles. The lowest BCUT2D eigenvalue weighted by atomic mass is 10.1. The molecule has 0 radical (unpaired) electrons. The fraction of sp³-hybridized carbons (Fsp3) is 0.312. The zero-order valence-corrected chi connectivity index (χ0v) is 11.4. The predicted octanol–water partition coefficient (Wildman–Crippen LogP) is 3.19. The van der Waals surface area contributed by atoms with Crippen LogP contribution in [0, 0.1) is 5.82 Å². The molecule has 1 aliphatic heterocycles. The number of benzene rings is 1. The second-order valence-corrected chi connectivity index (χ2v) is 5.09. The SMILES string of the molecule is C[C@H]1CN(c2ccc(F)cn2)C[C@H](c2ccccc2)O1. The Hall–Kier alpha value is -1.94. The monoisotopic (exact) mass is 272 g/mol. The highest BCUT2D eigenvalue weighted by Gasteiger charge is 2.27. The number of pyridine rings is 1. The first-order valence-electron chi connectivity index (χ1n) is 6.79. The summed E-state index contributed by atoms with van der Waals surface area (Å²) in [5.74, 6) is 0.483. The number of halogens is 1. The van der Waals surface area contributed by atoms with Crippen LogP contribution in [0.4, 0.5) is 10.2 Å². The van der Waals surface area contributed by atoms with E-state index in [2.05, 4.69) is 22.0 Å². The Morgan fingerprint density at radius 3 is 2.65 bits per heavy atom. The van der Waals surface area contributed by atoms with Crippen molar-refractivity contribution >= 4 is 5.82 Å². The molecule has 1 aromatic carbocycles. The molecule has 0 N–H and O–H groups in total. The lowest BCUT2D eigenvalue weighted by Crippen LogP contribution is -2.43. The number of rotatable bonds is 2. The van der Waals surface area contributed by atoms with Gasteiger partial charge in [0.25, 0.3) is 0 Å². The second-order valence-electron chi connectivity index (χ2n) is 5.09. The van der Waals surface area contributed by atoms with Crippen molar-refractivity contribution in [1.82, 2.24) is 4.98 Å². The third-order valence-corrected chi connectivity index (χ3v) is 3.47. The van der Waals surface area contributed by atoms with Gasteiger partial charge in [0, 0.05) is 13.1 Å². The first-order valence-corrected chi connectivity index (χ1v) is 6.79. The molecule has 3 nitrogen and oxygen atoms in total. The van der Waals surface area contributed by atoms with Gasteiger partial charge in [0.1, 0.15) is 17.7 Å². The van der Waals surface area contributed by atoms with E-state index in [-0.39, 0.29) is 18.0 Å². The topological polar surface area (TPSA) is 25.4 Å². The van der Waals surface area contributed by atoms with Crippen LogP contribution in [0.5, 0.6) is 0 Å². The number of anilines is 1. The molecule has 2 aromatic rings. The fourth-order valence-corrected chi connectivity index (χ4v) is 2.55. The van der Waals surface area contributed by atoms with E-state index in [4.69, 9.17) is 4.74 Å². The van der Waals surface area contributed by atoms with Crippen molar-refractivity contribution in [3.05, 3.63) is 60.0 Å². The van der Waals surface area contributed by atoms with Crippen LogP contribution in [0.1, 0.15) is 18.6 Å². The Kier molecular flexibility index (Phi) is 3.65. The van der Waals surface area contributed by atoms with Crippen LogP contribution in [-0.4, -0.2) is 24.2 Å². The molecule has 0 bridgehead atoms. The summed E-state index contributed by atoms with van der Waals surface area (Å²) in [5.41, 5.74) is 1.16. The summed E-state index contributed by atoms with van der Waals surface area (Å²) < 4.78 is 19.0. The van der Waals surface area contributed by atoms with Crippen LogP contribution in [0.15, 0.2) is 48.7 Å². The normalized spacial score (nSPS) is 22.8.